The van der Waals surface area contributed by atoms with Gasteiger partial charge in [0.1, 0.15) is 0 Å². The van der Waals surface area contributed by atoms with Crippen LogP contribution in [0.4, 0.5) is 13.2 Å². The second kappa shape index (κ2) is 4.96. The van der Waals surface area contributed by atoms with Crippen LogP contribution in [0, 0.1) is 0 Å². The van der Waals surface area contributed by atoms with Crippen molar-refractivity contribution in [2.75, 3.05) is 0 Å². The molecule has 0 radical (unpaired) electrons. The Morgan fingerprint density at radius 2 is 1.76 bits per heavy atom. The quantitative estimate of drug-likeness (QED) is 0.650. The predicted octanol–water partition coefficient (Wildman–Crippen LogP) is 4.55. The summed E-state index contributed by atoms with van der Waals surface area (Å²) in [6.07, 6.45) is -3.54. The van der Waals surface area contributed by atoms with E-state index in [9.17, 15) is 18.0 Å². The lowest BCUT2D eigenvalue weighted by atomic mass is 10.0. The molecule has 0 saturated carbocycles. The van der Waals surface area contributed by atoms with Crippen LogP contribution < -0.4 is 0 Å². The minimum Gasteiger partial charge on any atom is -0.288 e. The van der Waals surface area contributed by atoms with Crippen molar-refractivity contribution in [3.63, 3.8) is 0 Å². The third-order valence-corrected chi connectivity index (χ3v) is 4.05. The molecule has 0 bridgehead atoms. The number of aromatic nitrogens is 1. The number of ketones is 1. The number of alkyl halides is 3. The van der Waals surface area contributed by atoms with Gasteiger partial charge in [0.25, 0.3) is 0 Å². The van der Waals surface area contributed by atoms with E-state index >= 15 is 0 Å². The number of fused-ring (bicyclic) bond motifs is 1. The smallest absolute Gasteiger partial charge is 0.288 e. The molecule has 0 spiro atoms. The zero-order valence-electron chi connectivity index (χ0n) is 10.5. The van der Waals surface area contributed by atoms with E-state index in [2.05, 4.69) is 4.98 Å². The first-order valence-corrected chi connectivity index (χ1v) is 6.84. The summed E-state index contributed by atoms with van der Waals surface area (Å²) in [5, 5.41) is 0.571. The van der Waals surface area contributed by atoms with Crippen LogP contribution in [0.25, 0.3) is 10.8 Å². The van der Waals surface area contributed by atoms with Crippen molar-refractivity contribution in [3.05, 3.63) is 64.1 Å². The van der Waals surface area contributed by atoms with Gasteiger partial charge in [0.05, 0.1) is 4.88 Å². The molecule has 0 atom stereocenters. The Bertz CT molecular complexity index is 818. The number of nitrogens with zero attached hydrogens (tertiary/aromatic N) is 1. The van der Waals surface area contributed by atoms with E-state index < -0.39 is 17.0 Å². The van der Waals surface area contributed by atoms with Crippen LogP contribution in [0.3, 0.4) is 0 Å². The van der Waals surface area contributed by atoms with Gasteiger partial charge in [0.2, 0.25) is 5.78 Å². The molecule has 1 aromatic heterocycles. The van der Waals surface area contributed by atoms with Gasteiger partial charge in [-0.25, -0.2) is 4.98 Å². The van der Waals surface area contributed by atoms with Crippen LogP contribution in [-0.2, 0) is 6.18 Å². The van der Waals surface area contributed by atoms with Gasteiger partial charge in [-0.2, -0.15) is 13.2 Å². The lowest BCUT2D eigenvalue weighted by molar-refractivity contribution is -0.137. The Balaban J connectivity index is 2.07. The third kappa shape index (κ3) is 2.54. The zero-order chi connectivity index (χ0) is 15.0. The molecule has 2 aromatic carbocycles. The van der Waals surface area contributed by atoms with Gasteiger partial charge in [0.15, 0.2) is 5.01 Å². The Labute approximate surface area is 121 Å². The number of hydrogen-bond acceptors (Lipinski definition) is 3. The largest absolute Gasteiger partial charge is 0.443 e. The van der Waals surface area contributed by atoms with Crippen molar-refractivity contribution in [3.8, 4) is 0 Å². The van der Waals surface area contributed by atoms with Crippen LogP contribution in [0.5, 0.6) is 0 Å². The highest BCUT2D eigenvalue weighted by molar-refractivity contribution is 7.14. The average Bonchev–Trinajstić information content (AvgIpc) is 2.96. The maximum atomic E-state index is 12.6. The number of thiazole rings is 1. The number of halogens is 3. The molecule has 106 valence electrons. The predicted molar refractivity (Wildman–Crippen MR) is 74.5 cm³/mol. The number of carbonyl (C=O) groups excluding carboxylic acids is 1. The molecule has 0 saturated heterocycles. The first-order chi connectivity index (χ1) is 9.97. The van der Waals surface area contributed by atoms with Gasteiger partial charge < -0.3 is 0 Å². The fraction of sp³-hybridized carbons (Fsp3) is 0.0667. The second-order valence-corrected chi connectivity index (χ2v) is 5.41. The van der Waals surface area contributed by atoms with Gasteiger partial charge in [0, 0.05) is 11.8 Å². The summed E-state index contributed by atoms with van der Waals surface area (Å²) < 4.78 is 37.7. The summed E-state index contributed by atoms with van der Waals surface area (Å²) in [6, 6.07) is 12.4. The standard InChI is InChI=1S/C15H8F3NOS/c16-15(17,18)14-19-8-12(21-14)13(20)11-7-3-5-9-4-1-2-6-10(9)11/h1-8H. The molecule has 3 rings (SSSR count). The lowest BCUT2D eigenvalue weighted by Gasteiger charge is -2.04. The number of hydrogen-bond donors (Lipinski definition) is 0. The molecular formula is C15H8F3NOS. The van der Waals surface area contributed by atoms with Gasteiger partial charge in [-0.3, -0.25) is 4.79 Å². The number of carbonyl (C=O) groups is 1. The third-order valence-electron chi connectivity index (χ3n) is 3.01. The van der Waals surface area contributed by atoms with E-state index in [0.717, 1.165) is 11.6 Å². The van der Waals surface area contributed by atoms with Crippen molar-refractivity contribution in [2.45, 2.75) is 6.18 Å². The number of rotatable bonds is 2. The molecule has 0 amide bonds. The minimum atomic E-state index is -4.53. The Hall–Kier alpha value is -2.21. The average molecular weight is 307 g/mol. The van der Waals surface area contributed by atoms with E-state index in [-0.39, 0.29) is 4.88 Å². The van der Waals surface area contributed by atoms with Gasteiger partial charge >= 0.3 is 6.18 Å². The Kier molecular flexibility index (Phi) is 3.25. The SMILES string of the molecule is O=C(c1cnc(C(F)(F)F)s1)c1cccc2ccccc12. The topological polar surface area (TPSA) is 30.0 Å². The summed E-state index contributed by atoms with van der Waals surface area (Å²) in [4.78, 5) is 15.7. The highest BCUT2D eigenvalue weighted by Gasteiger charge is 2.35. The molecule has 0 aliphatic rings. The summed E-state index contributed by atoms with van der Waals surface area (Å²) in [5.41, 5.74) is 0.380. The molecule has 1 heterocycles. The molecular weight excluding hydrogens is 299 g/mol. The van der Waals surface area contributed by atoms with E-state index in [4.69, 9.17) is 0 Å². The van der Waals surface area contributed by atoms with Crippen LogP contribution in [0.15, 0.2) is 48.7 Å². The molecule has 0 unspecified atom stereocenters. The van der Waals surface area contributed by atoms with E-state index in [1.807, 2.05) is 18.2 Å². The fourth-order valence-electron chi connectivity index (χ4n) is 2.07. The lowest BCUT2D eigenvalue weighted by Crippen LogP contribution is -2.03. The monoisotopic (exact) mass is 307 g/mol. The van der Waals surface area contributed by atoms with E-state index in [1.165, 1.54) is 0 Å². The molecule has 2 nitrogen and oxygen atoms in total. The zero-order valence-corrected chi connectivity index (χ0v) is 11.3. The first kappa shape index (κ1) is 13.8. The van der Waals surface area contributed by atoms with Crippen LogP contribution in [-0.4, -0.2) is 10.8 Å². The molecule has 6 heteroatoms. The molecule has 0 N–H and O–H groups in total. The summed E-state index contributed by atoms with van der Waals surface area (Å²) >= 11 is 0.366. The molecule has 0 aliphatic carbocycles. The van der Waals surface area contributed by atoms with Gasteiger partial charge in [-0.15, -0.1) is 11.3 Å². The highest BCUT2D eigenvalue weighted by atomic mass is 32.1. The highest BCUT2D eigenvalue weighted by Crippen LogP contribution is 2.33. The number of benzene rings is 2. The first-order valence-electron chi connectivity index (χ1n) is 6.02. The summed E-state index contributed by atoms with van der Waals surface area (Å²) in [7, 11) is 0. The molecule has 21 heavy (non-hydrogen) atoms. The fourth-order valence-corrected chi connectivity index (χ4v) is 2.80. The van der Waals surface area contributed by atoms with Crippen molar-refractivity contribution in [1.29, 1.82) is 0 Å². The minimum absolute atomic E-state index is 0.0151. The van der Waals surface area contributed by atoms with Crippen molar-refractivity contribution in [1.82, 2.24) is 4.98 Å². The molecule has 0 aliphatic heterocycles. The van der Waals surface area contributed by atoms with Crippen LogP contribution in [0.2, 0.25) is 0 Å². The van der Waals surface area contributed by atoms with E-state index in [1.54, 1.807) is 24.3 Å². The van der Waals surface area contributed by atoms with Crippen molar-refractivity contribution >= 4 is 27.9 Å². The maximum Gasteiger partial charge on any atom is 0.443 e. The Morgan fingerprint density at radius 1 is 1.05 bits per heavy atom. The van der Waals surface area contributed by atoms with Gasteiger partial charge in [-0.05, 0) is 10.8 Å². The van der Waals surface area contributed by atoms with Crippen LogP contribution in [0.1, 0.15) is 20.2 Å². The van der Waals surface area contributed by atoms with Gasteiger partial charge in [-0.1, -0.05) is 42.5 Å². The maximum absolute atomic E-state index is 12.6. The van der Waals surface area contributed by atoms with Crippen LogP contribution >= 0.6 is 11.3 Å². The summed E-state index contributed by atoms with van der Waals surface area (Å²) in [6.45, 7) is 0. The Morgan fingerprint density at radius 3 is 2.48 bits per heavy atom. The molecule has 0 fully saturated rings. The van der Waals surface area contributed by atoms with Crippen molar-refractivity contribution < 1.29 is 18.0 Å². The molecule has 3 aromatic rings. The van der Waals surface area contributed by atoms with E-state index in [0.29, 0.717) is 22.3 Å². The summed E-state index contributed by atoms with van der Waals surface area (Å²) in [5.74, 6) is -0.445. The normalized spacial score (nSPS) is 11.8. The van der Waals surface area contributed by atoms with Crippen molar-refractivity contribution in [2.24, 2.45) is 0 Å². The second-order valence-electron chi connectivity index (χ2n) is 4.38.